The van der Waals surface area contributed by atoms with Gasteiger partial charge in [-0.1, -0.05) is 29.3 Å². The summed E-state index contributed by atoms with van der Waals surface area (Å²) in [5, 5.41) is 4.70. The third-order valence-corrected chi connectivity index (χ3v) is 4.63. The van der Waals surface area contributed by atoms with Crippen LogP contribution in [0.4, 0.5) is 5.69 Å². The second kappa shape index (κ2) is 5.40. The number of nitrogens with zero attached hydrogens (tertiary/aromatic N) is 1. The van der Waals surface area contributed by atoms with E-state index in [1.807, 2.05) is 6.07 Å². The van der Waals surface area contributed by atoms with Gasteiger partial charge in [-0.2, -0.15) is 0 Å². The van der Waals surface area contributed by atoms with Gasteiger partial charge in [-0.3, -0.25) is 9.78 Å². The molecule has 0 unspecified atom stereocenters. The fourth-order valence-corrected chi connectivity index (χ4v) is 3.50. The molecule has 3 rings (SSSR count). The molecule has 0 aliphatic heterocycles. The van der Waals surface area contributed by atoms with E-state index in [-0.39, 0.29) is 5.91 Å². The molecule has 3 nitrogen and oxygen atoms in total. The number of halogens is 2. The molecule has 100 valence electrons. The van der Waals surface area contributed by atoms with Crippen LogP contribution in [0.1, 0.15) is 9.67 Å². The lowest BCUT2D eigenvalue weighted by atomic mass is 10.2. The Kier molecular flexibility index (Phi) is 3.61. The van der Waals surface area contributed by atoms with E-state index in [4.69, 9.17) is 23.2 Å². The summed E-state index contributed by atoms with van der Waals surface area (Å²) in [7, 11) is 0. The quantitative estimate of drug-likeness (QED) is 0.732. The maximum absolute atomic E-state index is 12.3. The first kappa shape index (κ1) is 13.4. The van der Waals surface area contributed by atoms with Crippen LogP contribution < -0.4 is 5.32 Å². The smallest absolute Gasteiger partial charge is 0.267 e. The predicted octanol–water partition coefficient (Wildman–Crippen LogP) is 4.86. The van der Waals surface area contributed by atoms with Gasteiger partial charge in [0.1, 0.15) is 4.88 Å². The van der Waals surface area contributed by atoms with Gasteiger partial charge in [-0.05, 0) is 24.3 Å². The third kappa shape index (κ3) is 2.50. The van der Waals surface area contributed by atoms with Crippen molar-refractivity contribution in [2.75, 3.05) is 5.32 Å². The summed E-state index contributed by atoms with van der Waals surface area (Å²) in [4.78, 5) is 16.6. The standard InChI is InChI=1S/C14H8Cl2N2OS/c15-8-1-2-10-11(7-8)20-13(12(10)16)14(19)18-9-3-5-17-6-4-9/h1-7H,(H,17,18,19). The lowest BCUT2D eigenvalue weighted by molar-refractivity contribution is 0.103. The van der Waals surface area contributed by atoms with Crippen molar-refractivity contribution < 1.29 is 4.79 Å². The van der Waals surface area contributed by atoms with Crippen LogP contribution in [0.15, 0.2) is 42.7 Å². The highest BCUT2D eigenvalue weighted by Crippen LogP contribution is 2.37. The molecule has 1 amide bonds. The Morgan fingerprint density at radius 1 is 1.15 bits per heavy atom. The molecule has 2 heterocycles. The average Bonchev–Trinajstić information content (AvgIpc) is 2.76. The second-order valence-electron chi connectivity index (χ2n) is 4.08. The number of pyridine rings is 1. The van der Waals surface area contributed by atoms with Gasteiger partial charge in [0, 0.05) is 33.2 Å². The molecular weight excluding hydrogens is 315 g/mol. The molecule has 0 fully saturated rings. The van der Waals surface area contributed by atoms with E-state index in [2.05, 4.69) is 10.3 Å². The average molecular weight is 323 g/mol. The molecular formula is C14H8Cl2N2OS. The van der Waals surface area contributed by atoms with Gasteiger partial charge in [0.25, 0.3) is 5.91 Å². The van der Waals surface area contributed by atoms with Crippen molar-refractivity contribution in [2.45, 2.75) is 0 Å². The van der Waals surface area contributed by atoms with Crippen molar-refractivity contribution >= 4 is 56.2 Å². The number of carbonyl (C=O) groups is 1. The molecule has 0 spiro atoms. The van der Waals surface area contributed by atoms with Crippen molar-refractivity contribution in [3.63, 3.8) is 0 Å². The second-order valence-corrected chi connectivity index (χ2v) is 5.94. The fourth-order valence-electron chi connectivity index (χ4n) is 1.81. The zero-order chi connectivity index (χ0) is 14.1. The third-order valence-electron chi connectivity index (χ3n) is 2.74. The molecule has 6 heteroatoms. The Bertz CT molecular complexity index is 786. The molecule has 0 aliphatic rings. The molecule has 0 bridgehead atoms. The number of thiophene rings is 1. The Labute approximate surface area is 129 Å². The number of rotatable bonds is 2. The van der Waals surface area contributed by atoms with Gasteiger partial charge in [0.2, 0.25) is 0 Å². The molecule has 0 radical (unpaired) electrons. The van der Waals surface area contributed by atoms with E-state index in [1.54, 1.807) is 36.7 Å². The molecule has 0 saturated carbocycles. The largest absolute Gasteiger partial charge is 0.321 e. The first-order valence-corrected chi connectivity index (χ1v) is 7.31. The molecule has 1 N–H and O–H groups in total. The topological polar surface area (TPSA) is 42.0 Å². The monoisotopic (exact) mass is 322 g/mol. The molecule has 0 saturated heterocycles. The maximum Gasteiger partial charge on any atom is 0.267 e. The lowest BCUT2D eigenvalue weighted by Crippen LogP contribution is -2.10. The Morgan fingerprint density at radius 3 is 2.65 bits per heavy atom. The van der Waals surface area contributed by atoms with E-state index in [9.17, 15) is 4.79 Å². The number of nitrogens with one attached hydrogen (secondary N) is 1. The van der Waals surface area contributed by atoms with Crippen molar-refractivity contribution in [1.82, 2.24) is 4.98 Å². The van der Waals surface area contributed by atoms with E-state index >= 15 is 0 Å². The van der Waals surface area contributed by atoms with Crippen LogP contribution in [0.25, 0.3) is 10.1 Å². The summed E-state index contributed by atoms with van der Waals surface area (Å²) >= 11 is 13.5. The van der Waals surface area contributed by atoms with Gasteiger partial charge in [-0.15, -0.1) is 11.3 Å². The summed E-state index contributed by atoms with van der Waals surface area (Å²) in [5.74, 6) is -0.237. The Morgan fingerprint density at radius 2 is 1.90 bits per heavy atom. The summed E-state index contributed by atoms with van der Waals surface area (Å²) in [5.41, 5.74) is 0.677. The highest BCUT2D eigenvalue weighted by Gasteiger charge is 2.17. The van der Waals surface area contributed by atoms with Gasteiger partial charge >= 0.3 is 0 Å². The number of hydrogen-bond acceptors (Lipinski definition) is 3. The Balaban J connectivity index is 1.97. The Hall–Kier alpha value is -1.62. The number of benzene rings is 1. The summed E-state index contributed by atoms with van der Waals surface area (Å²) < 4.78 is 0.891. The first-order valence-electron chi connectivity index (χ1n) is 5.74. The highest BCUT2D eigenvalue weighted by atomic mass is 35.5. The van der Waals surface area contributed by atoms with Gasteiger partial charge in [0.15, 0.2) is 0 Å². The molecule has 0 aliphatic carbocycles. The minimum atomic E-state index is -0.237. The fraction of sp³-hybridized carbons (Fsp3) is 0. The first-order chi connectivity index (χ1) is 9.65. The van der Waals surface area contributed by atoms with E-state index < -0.39 is 0 Å². The van der Waals surface area contributed by atoms with E-state index in [0.717, 1.165) is 10.1 Å². The number of fused-ring (bicyclic) bond motifs is 1. The van der Waals surface area contributed by atoms with E-state index in [1.165, 1.54) is 11.3 Å². The van der Waals surface area contributed by atoms with Crippen LogP contribution in [0.5, 0.6) is 0 Å². The zero-order valence-electron chi connectivity index (χ0n) is 10.1. The normalized spacial score (nSPS) is 10.7. The van der Waals surface area contributed by atoms with Crippen LogP contribution in [0.2, 0.25) is 10.0 Å². The van der Waals surface area contributed by atoms with Gasteiger partial charge in [-0.25, -0.2) is 0 Å². The molecule has 2 aromatic heterocycles. The van der Waals surface area contributed by atoms with Crippen LogP contribution in [0, 0.1) is 0 Å². The molecule has 1 aromatic carbocycles. The van der Waals surface area contributed by atoms with Crippen molar-refractivity contribution in [3.8, 4) is 0 Å². The summed E-state index contributed by atoms with van der Waals surface area (Å²) in [6.45, 7) is 0. The molecule has 0 atom stereocenters. The number of hydrogen-bond donors (Lipinski definition) is 1. The zero-order valence-corrected chi connectivity index (χ0v) is 12.4. The molecule has 3 aromatic rings. The van der Waals surface area contributed by atoms with Crippen LogP contribution in [0.3, 0.4) is 0 Å². The van der Waals surface area contributed by atoms with Crippen molar-refractivity contribution in [2.24, 2.45) is 0 Å². The number of aromatic nitrogens is 1. The SMILES string of the molecule is O=C(Nc1ccncc1)c1sc2cc(Cl)ccc2c1Cl. The van der Waals surface area contributed by atoms with Crippen LogP contribution in [-0.4, -0.2) is 10.9 Å². The molecule has 20 heavy (non-hydrogen) atoms. The summed E-state index contributed by atoms with van der Waals surface area (Å²) in [6.07, 6.45) is 3.23. The minimum absolute atomic E-state index is 0.237. The number of carbonyl (C=O) groups excluding carboxylic acids is 1. The lowest BCUT2D eigenvalue weighted by Gasteiger charge is -2.02. The maximum atomic E-state index is 12.3. The van der Waals surface area contributed by atoms with Gasteiger partial charge < -0.3 is 5.32 Å². The predicted molar refractivity (Wildman–Crippen MR) is 84.0 cm³/mol. The number of amides is 1. The highest BCUT2D eigenvalue weighted by molar-refractivity contribution is 7.21. The van der Waals surface area contributed by atoms with Crippen molar-refractivity contribution in [1.29, 1.82) is 0 Å². The van der Waals surface area contributed by atoms with E-state index in [0.29, 0.717) is 20.6 Å². The summed E-state index contributed by atoms with van der Waals surface area (Å²) in [6, 6.07) is 8.81. The van der Waals surface area contributed by atoms with Crippen LogP contribution >= 0.6 is 34.5 Å². The van der Waals surface area contributed by atoms with Crippen molar-refractivity contribution in [3.05, 3.63) is 57.6 Å². The minimum Gasteiger partial charge on any atom is -0.321 e. The van der Waals surface area contributed by atoms with Crippen LogP contribution in [-0.2, 0) is 0 Å². The van der Waals surface area contributed by atoms with Gasteiger partial charge in [0.05, 0.1) is 5.02 Å². The number of anilines is 1.